The number of nitrogens with two attached hydrogens (primary N) is 1. The van der Waals surface area contributed by atoms with E-state index in [1.807, 2.05) is 0 Å². The molecule has 7 heteroatoms. The Bertz CT molecular complexity index is 454. The molecule has 0 heterocycles. The van der Waals surface area contributed by atoms with Gasteiger partial charge in [0.15, 0.2) is 0 Å². The summed E-state index contributed by atoms with van der Waals surface area (Å²) in [5.41, 5.74) is 4.68. The summed E-state index contributed by atoms with van der Waals surface area (Å²) in [5, 5.41) is 0.0431. The minimum absolute atomic E-state index is 0.0431. The molecule has 0 amide bonds. The maximum atomic E-state index is 13.6. The fraction of sp³-hybridized carbons (Fsp3) is 0.364. The van der Waals surface area contributed by atoms with Gasteiger partial charge in [0, 0.05) is 10.6 Å². The zero-order chi connectivity index (χ0) is 13.9. The lowest BCUT2D eigenvalue weighted by molar-refractivity contribution is -0.174. The Labute approximate surface area is 107 Å². The summed E-state index contributed by atoms with van der Waals surface area (Å²) in [6, 6.07) is 0.888. The predicted molar refractivity (Wildman–Crippen MR) is 59.9 cm³/mol. The van der Waals surface area contributed by atoms with Gasteiger partial charge in [-0.3, -0.25) is 0 Å². The largest absolute Gasteiger partial charge is 0.462 e. The van der Waals surface area contributed by atoms with Crippen LogP contribution in [0, 0.1) is 5.82 Å². The standard InChI is InChI=1S/C11H11ClF3NO2/c1-2-18-10(17)11(14,15)9(16)7-5-6(12)3-4-8(7)13/h3-5,9H,2,16H2,1H3/t9-/m0/s1. The van der Waals surface area contributed by atoms with E-state index in [1.165, 1.54) is 13.0 Å². The van der Waals surface area contributed by atoms with E-state index in [1.54, 1.807) is 0 Å². The number of hydrogen-bond acceptors (Lipinski definition) is 3. The fourth-order valence-corrected chi connectivity index (χ4v) is 1.48. The maximum absolute atomic E-state index is 13.6. The van der Waals surface area contributed by atoms with Gasteiger partial charge in [-0.25, -0.2) is 9.18 Å². The van der Waals surface area contributed by atoms with Gasteiger partial charge in [0.25, 0.3) is 0 Å². The highest BCUT2D eigenvalue weighted by Crippen LogP contribution is 2.33. The highest BCUT2D eigenvalue weighted by atomic mass is 35.5. The van der Waals surface area contributed by atoms with Crippen LogP contribution in [0.15, 0.2) is 18.2 Å². The third-order valence-corrected chi connectivity index (χ3v) is 2.47. The number of alkyl halides is 2. The minimum atomic E-state index is -4.03. The average Bonchev–Trinajstić information content (AvgIpc) is 2.31. The molecule has 0 aromatic heterocycles. The van der Waals surface area contributed by atoms with Gasteiger partial charge in [-0.15, -0.1) is 0 Å². The third-order valence-electron chi connectivity index (χ3n) is 2.23. The Balaban J connectivity index is 3.08. The molecular formula is C11H11ClF3NO2. The summed E-state index contributed by atoms with van der Waals surface area (Å²) in [6.07, 6.45) is 0. The maximum Gasteiger partial charge on any atom is 0.379 e. The van der Waals surface area contributed by atoms with Gasteiger partial charge in [0.05, 0.1) is 6.61 Å². The number of halogens is 4. The number of benzene rings is 1. The van der Waals surface area contributed by atoms with Crippen molar-refractivity contribution in [3.8, 4) is 0 Å². The predicted octanol–water partition coefficient (Wildman–Crippen LogP) is 2.68. The monoisotopic (exact) mass is 281 g/mol. The molecule has 0 saturated heterocycles. The topological polar surface area (TPSA) is 52.3 Å². The molecule has 0 aliphatic carbocycles. The Morgan fingerprint density at radius 1 is 1.56 bits per heavy atom. The van der Waals surface area contributed by atoms with E-state index < -0.39 is 29.3 Å². The number of carbonyl (C=O) groups is 1. The fourth-order valence-electron chi connectivity index (χ4n) is 1.30. The molecule has 0 fully saturated rings. The van der Waals surface area contributed by atoms with E-state index in [-0.39, 0.29) is 11.6 Å². The second-order valence-electron chi connectivity index (χ2n) is 3.49. The first-order chi connectivity index (χ1) is 8.30. The zero-order valence-electron chi connectivity index (χ0n) is 9.42. The van der Waals surface area contributed by atoms with E-state index in [2.05, 4.69) is 4.74 Å². The zero-order valence-corrected chi connectivity index (χ0v) is 10.2. The molecule has 18 heavy (non-hydrogen) atoms. The van der Waals surface area contributed by atoms with Crippen LogP contribution in [0.25, 0.3) is 0 Å². The van der Waals surface area contributed by atoms with Crippen molar-refractivity contribution in [1.82, 2.24) is 0 Å². The van der Waals surface area contributed by atoms with Crippen LogP contribution >= 0.6 is 11.6 Å². The van der Waals surface area contributed by atoms with Crippen LogP contribution < -0.4 is 5.73 Å². The first-order valence-corrected chi connectivity index (χ1v) is 5.44. The number of carbonyl (C=O) groups excluding carboxylic acids is 1. The number of esters is 1. The van der Waals surface area contributed by atoms with Crippen LogP contribution in [0.1, 0.15) is 18.5 Å². The van der Waals surface area contributed by atoms with Gasteiger partial charge < -0.3 is 10.5 Å². The minimum Gasteiger partial charge on any atom is -0.462 e. The lowest BCUT2D eigenvalue weighted by Gasteiger charge is -2.22. The molecule has 1 aromatic rings. The molecule has 3 nitrogen and oxygen atoms in total. The van der Waals surface area contributed by atoms with Crippen molar-refractivity contribution >= 4 is 17.6 Å². The molecule has 0 saturated carbocycles. The average molecular weight is 282 g/mol. The summed E-state index contributed by atoms with van der Waals surface area (Å²) in [4.78, 5) is 11.1. The molecule has 0 aliphatic heterocycles. The number of hydrogen-bond donors (Lipinski definition) is 1. The summed E-state index contributed by atoms with van der Waals surface area (Å²) >= 11 is 5.57. The lowest BCUT2D eigenvalue weighted by atomic mass is 10.0. The summed E-state index contributed by atoms with van der Waals surface area (Å²) in [6.45, 7) is 1.15. The highest BCUT2D eigenvalue weighted by Gasteiger charge is 2.48. The third kappa shape index (κ3) is 2.94. The van der Waals surface area contributed by atoms with Crippen molar-refractivity contribution in [2.24, 2.45) is 5.73 Å². The molecule has 1 aromatic carbocycles. The van der Waals surface area contributed by atoms with E-state index in [0.29, 0.717) is 0 Å². The van der Waals surface area contributed by atoms with Crippen molar-refractivity contribution < 1.29 is 22.7 Å². The number of ether oxygens (including phenoxy) is 1. The molecular weight excluding hydrogens is 271 g/mol. The molecule has 1 atom stereocenters. The van der Waals surface area contributed by atoms with Crippen LogP contribution in [-0.4, -0.2) is 18.5 Å². The molecule has 0 radical (unpaired) electrons. The van der Waals surface area contributed by atoms with E-state index in [9.17, 15) is 18.0 Å². The van der Waals surface area contributed by atoms with Crippen molar-refractivity contribution in [3.63, 3.8) is 0 Å². The molecule has 100 valence electrons. The van der Waals surface area contributed by atoms with Crippen molar-refractivity contribution in [1.29, 1.82) is 0 Å². The van der Waals surface area contributed by atoms with Gasteiger partial charge >= 0.3 is 11.9 Å². The Morgan fingerprint density at radius 2 is 2.17 bits per heavy atom. The van der Waals surface area contributed by atoms with Crippen LogP contribution in [0.4, 0.5) is 13.2 Å². The normalized spacial score (nSPS) is 13.2. The highest BCUT2D eigenvalue weighted by molar-refractivity contribution is 6.30. The quantitative estimate of drug-likeness (QED) is 0.863. The smallest absolute Gasteiger partial charge is 0.379 e. The Morgan fingerprint density at radius 3 is 2.72 bits per heavy atom. The summed E-state index contributed by atoms with van der Waals surface area (Å²) in [5.74, 6) is -6.78. The molecule has 0 aliphatic rings. The first kappa shape index (κ1) is 14.8. The molecule has 0 spiro atoms. The summed E-state index contributed by atoms with van der Waals surface area (Å²) in [7, 11) is 0. The van der Waals surface area contributed by atoms with Crippen molar-refractivity contribution in [3.05, 3.63) is 34.6 Å². The van der Waals surface area contributed by atoms with Crippen LogP contribution in [0.5, 0.6) is 0 Å². The van der Waals surface area contributed by atoms with Crippen LogP contribution in [0.3, 0.4) is 0 Å². The molecule has 0 unspecified atom stereocenters. The second kappa shape index (κ2) is 5.58. The molecule has 0 bridgehead atoms. The van der Waals surface area contributed by atoms with E-state index >= 15 is 0 Å². The van der Waals surface area contributed by atoms with Gasteiger partial charge in [0.2, 0.25) is 0 Å². The van der Waals surface area contributed by atoms with Crippen LogP contribution in [0.2, 0.25) is 5.02 Å². The number of rotatable bonds is 4. The van der Waals surface area contributed by atoms with Gasteiger partial charge in [-0.05, 0) is 25.1 Å². The first-order valence-electron chi connectivity index (χ1n) is 5.06. The van der Waals surface area contributed by atoms with Crippen molar-refractivity contribution in [2.75, 3.05) is 6.61 Å². The van der Waals surface area contributed by atoms with Gasteiger partial charge in [-0.1, -0.05) is 11.6 Å². The molecule has 2 N–H and O–H groups in total. The SMILES string of the molecule is CCOC(=O)C(F)(F)[C@@H](N)c1cc(Cl)ccc1F. The Hall–Kier alpha value is -1.27. The van der Waals surface area contributed by atoms with Crippen molar-refractivity contribution in [2.45, 2.75) is 18.9 Å². The van der Waals surface area contributed by atoms with Gasteiger partial charge in [0.1, 0.15) is 11.9 Å². The summed E-state index contributed by atoms with van der Waals surface area (Å²) < 4.78 is 44.7. The van der Waals surface area contributed by atoms with Gasteiger partial charge in [-0.2, -0.15) is 8.78 Å². The van der Waals surface area contributed by atoms with E-state index in [0.717, 1.165) is 12.1 Å². The Kier molecular flexibility index (Phi) is 4.59. The second-order valence-corrected chi connectivity index (χ2v) is 3.92. The molecule has 1 rings (SSSR count). The van der Waals surface area contributed by atoms with E-state index in [4.69, 9.17) is 17.3 Å². The lowest BCUT2D eigenvalue weighted by Crippen LogP contribution is -2.42. The van der Waals surface area contributed by atoms with Crippen LogP contribution in [-0.2, 0) is 9.53 Å².